The third kappa shape index (κ3) is 6.09. The maximum atomic E-state index is 10.8. The molecule has 22 heteroatoms. The zero-order valence-corrected chi connectivity index (χ0v) is 17.6. The highest BCUT2D eigenvalue weighted by Gasteiger charge is 2.37. The largest absolute Gasteiger partial charge is 0.312 e. The monoisotopic (exact) mass is 514 g/mol. The van der Waals surface area contributed by atoms with Gasteiger partial charge in [-0.3, -0.25) is 60.7 Å². The minimum absolute atomic E-state index is 0.0555. The van der Waals surface area contributed by atoms with Crippen molar-refractivity contribution in [3.8, 4) is 0 Å². The average molecular weight is 514 g/mol. The van der Waals surface area contributed by atoms with Gasteiger partial charge in [-0.2, -0.15) is 0 Å². The number of hydrogen-bond donors (Lipinski definition) is 0. The molecule has 0 aliphatic rings. The first-order valence-electron chi connectivity index (χ1n) is 8.58. The molecular formula is C14H10N8O14. The van der Waals surface area contributed by atoms with Crippen LogP contribution in [-0.2, 0) is 0 Å². The van der Waals surface area contributed by atoms with Crippen LogP contribution < -0.4 is 5.01 Å². The minimum atomic E-state index is -1.17. The van der Waals surface area contributed by atoms with Crippen LogP contribution >= 0.6 is 0 Å². The van der Waals surface area contributed by atoms with Gasteiger partial charge in [0.15, 0.2) is 5.03 Å². The highest BCUT2D eigenvalue weighted by molar-refractivity contribution is 5.77. The maximum Gasteiger partial charge on any atom is 0.312 e. The van der Waals surface area contributed by atoms with Crippen molar-refractivity contribution in [1.82, 2.24) is 0 Å². The summed E-state index contributed by atoms with van der Waals surface area (Å²) < 4.78 is 0. The van der Waals surface area contributed by atoms with E-state index >= 15 is 0 Å². The molecule has 0 saturated heterocycles. The molecule has 0 heterocycles. The predicted molar refractivity (Wildman–Crippen MR) is 113 cm³/mol. The molecule has 0 radical (unpaired) electrons. The second kappa shape index (κ2) is 10.8. The van der Waals surface area contributed by atoms with E-state index in [1.165, 1.54) is 6.92 Å². The molecule has 0 unspecified atom stereocenters. The number of hydrazine groups is 1. The van der Waals surface area contributed by atoms with Crippen LogP contribution in [0.2, 0.25) is 0 Å². The Balaban J connectivity index is 0.000000369. The Morgan fingerprint density at radius 1 is 0.528 bits per heavy atom. The normalized spacial score (nSPS) is 9.83. The van der Waals surface area contributed by atoms with Crippen LogP contribution in [0.25, 0.3) is 0 Å². The molecular weight excluding hydrogens is 504 g/mol. The SMILES string of the molecule is CN(c1c([N+](=O)[O-])cc([N+](=O)[O-])cc1[N+](=O)[O-])[N+](=O)[O-].Cc1c([N+](=O)[O-])cc([N+](=O)[O-])cc1[N+](=O)[O-]. The van der Waals surface area contributed by atoms with Gasteiger partial charge in [-0.05, 0) is 6.92 Å². The lowest BCUT2D eigenvalue weighted by atomic mass is 10.1. The Morgan fingerprint density at radius 2 is 0.806 bits per heavy atom. The highest BCUT2D eigenvalue weighted by Crippen LogP contribution is 2.40. The molecule has 0 spiro atoms. The van der Waals surface area contributed by atoms with Crippen molar-refractivity contribution in [3.05, 3.63) is 101 Å². The highest BCUT2D eigenvalue weighted by atomic mass is 16.7. The van der Waals surface area contributed by atoms with E-state index in [2.05, 4.69) is 0 Å². The summed E-state index contributed by atoms with van der Waals surface area (Å²) in [6.45, 7) is 1.17. The number of hydrogen-bond acceptors (Lipinski definition) is 14. The Labute approximate surface area is 195 Å². The van der Waals surface area contributed by atoms with Crippen LogP contribution in [-0.4, -0.2) is 41.6 Å². The zero-order valence-electron chi connectivity index (χ0n) is 17.6. The smallest absolute Gasteiger partial charge is 0.258 e. The van der Waals surface area contributed by atoms with Crippen LogP contribution in [0.5, 0.6) is 0 Å². The lowest BCUT2D eigenvalue weighted by Gasteiger charge is -2.08. The standard InChI is InChI=1S/C7H5N5O8.C7H5N3O6/c1-8(12(19)20)7-5(10(15)16)2-4(9(13)14)3-6(7)11(17)18;1-4-6(9(13)14)2-5(8(11)12)3-7(4)10(15)16/h2-3H,1H3;2-3H,1H3. The Morgan fingerprint density at radius 3 is 1.03 bits per heavy atom. The van der Waals surface area contributed by atoms with Crippen LogP contribution in [0.15, 0.2) is 24.3 Å². The van der Waals surface area contributed by atoms with Crippen LogP contribution in [0, 0.1) is 77.7 Å². The lowest BCUT2D eigenvalue weighted by Crippen LogP contribution is -2.26. The fourth-order valence-corrected chi connectivity index (χ4v) is 2.54. The van der Waals surface area contributed by atoms with Gasteiger partial charge in [-0.15, -0.1) is 0 Å². The first-order chi connectivity index (χ1) is 16.5. The van der Waals surface area contributed by atoms with Crippen molar-refractivity contribution in [2.45, 2.75) is 6.92 Å². The van der Waals surface area contributed by atoms with Gasteiger partial charge in [-0.25, -0.2) is 10.1 Å². The van der Waals surface area contributed by atoms with Gasteiger partial charge in [-0.1, -0.05) is 5.01 Å². The molecule has 190 valence electrons. The van der Waals surface area contributed by atoms with Crippen molar-refractivity contribution < 1.29 is 34.6 Å². The van der Waals surface area contributed by atoms with Crippen LogP contribution in [0.1, 0.15) is 5.56 Å². The van der Waals surface area contributed by atoms with Gasteiger partial charge in [0.25, 0.3) is 28.4 Å². The molecule has 0 aliphatic carbocycles. The van der Waals surface area contributed by atoms with Gasteiger partial charge in [0.05, 0.1) is 60.9 Å². The topological polar surface area (TPSA) is 305 Å². The molecule has 0 fully saturated rings. The van der Waals surface area contributed by atoms with Crippen molar-refractivity contribution in [1.29, 1.82) is 0 Å². The van der Waals surface area contributed by atoms with E-state index in [4.69, 9.17) is 0 Å². The summed E-state index contributed by atoms with van der Waals surface area (Å²) in [5.74, 6) is 0. The number of rotatable bonds is 8. The average Bonchev–Trinajstić information content (AvgIpc) is 2.77. The molecule has 0 amide bonds. The van der Waals surface area contributed by atoms with Gasteiger partial charge in [0.1, 0.15) is 5.56 Å². The van der Waals surface area contributed by atoms with Crippen LogP contribution in [0.3, 0.4) is 0 Å². The van der Waals surface area contributed by atoms with Gasteiger partial charge in [0, 0.05) is 0 Å². The molecule has 0 bridgehead atoms. The zero-order chi connectivity index (χ0) is 28.1. The molecule has 0 aliphatic heterocycles. The second-order valence-electron chi connectivity index (χ2n) is 6.25. The minimum Gasteiger partial charge on any atom is -0.258 e. The van der Waals surface area contributed by atoms with Crippen molar-refractivity contribution in [3.63, 3.8) is 0 Å². The summed E-state index contributed by atoms with van der Waals surface area (Å²) in [5, 5.41) is 73.2. The number of benzene rings is 2. The van der Waals surface area contributed by atoms with Gasteiger partial charge < -0.3 is 0 Å². The number of nitro groups is 7. The summed E-state index contributed by atoms with van der Waals surface area (Å²) in [5.41, 5.74) is -6.24. The molecule has 22 nitrogen and oxygen atoms in total. The maximum absolute atomic E-state index is 10.8. The van der Waals surface area contributed by atoms with E-state index in [0.717, 1.165) is 7.05 Å². The molecule has 0 saturated carbocycles. The number of non-ortho nitro benzene ring substituents is 2. The summed E-state index contributed by atoms with van der Waals surface area (Å²) >= 11 is 0. The second-order valence-corrected chi connectivity index (χ2v) is 6.25. The van der Waals surface area contributed by atoms with Gasteiger partial charge >= 0.3 is 11.4 Å². The molecule has 2 rings (SSSR count). The Hall–Kier alpha value is -5.96. The molecule has 0 aromatic heterocycles. The van der Waals surface area contributed by atoms with E-state index in [1.807, 2.05) is 0 Å². The third-order valence-corrected chi connectivity index (χ3v) is 4.17. The number of nitro benzene ring substituents is 6. The van der Waals surface area contributed by atoms with E-state index in [-0.39, 0.29) is 10.6 Å². The fraction of sp³-hybridized carbons (Fsp3) is 0.143. The van der Waals surface area contributed by atoms with E-state index in [9.17, 15) is 70.8 Å². The lowest BCUT2D eigenvalue weighted by molar-refractivity contribution is -0.493. The molecule has 36 heavy (non-hydrogen) atoms. The van der Waals surface area contributed by atoms with E-state index in [1.54, 1.807) is 0 Å². The Bertz CT molecular complexity index is 1250. The number of nitrogens with zero attached hydrogens (tertiary/aromatic N) is 8. The molecule has 0 N–H and O–H groups in total. The summed E-state index contributed by atoms with van der Waals surface area (Å²) in [6, 6.07) is 2.23. The number of anilines is 1. The van der Waals surface area contributed by atoms with Gasteiger partial charge in [0.2, 0.25) is 0 Å². The van der Waals surface area contributed by atoms with Crippen LogP contribution in [0.4, 0.5) is 39.8 Å². The molecule has 2 aromatic rings. The predicted octanol–water partition coefficient (Wildman–Crippen LogP) is 2.76. The summed E-state index contributed by atoms with van der Waals surface area (Å²) in [7, 11) is 0.751. The van der Waals surface area contributed by atoms with Crippen molar-refractivity contribution in [2.75, 3.05) is 12.1 Å². The summed E-state index contributed by atoms with van der Waals surface area (Å²) in [4.78, 5) is 68.2. The van der Waals surface area contributed by atoms with E-state index in [0.29, 0.717) is 24.3 Å². The molecule has 2 aromatic carbocycles. The Kier molecular flexibility index (Phi) is 8.40. The molecule has 0 atom stereocenters. The fourth-order valence-electron chi connectivity index (χ4n) is 2.54. The third-order valence-electron chi connectivity index (χ3n) is 4.17. The van der Waals surface area contributed by atoms with E-state index < -0.39 is 74.4 Å². The van der Waals surface area contributed by atoms with Crippen molar-refractivity contribution in [2.24, 2.45) is 0 Å². The van der Waals surface area contributed by atoms with Crippen molar-refractivity contribution >= 4 is 39.8 Å². The first-order valence-corrected chi connectivity index (χ1v) is 8.58. The summed E-state index contributed by atoms with van der Waals surface area (Å²) in [6.07, 6.45) is 0. The quantitative estimate of drug-likeness (QED) is 0.361. The first kappa shape index (κ1) is 28.1.